The van der Waals surface area contributed by atoms with E-state index in [-0.39, 0.29) is 30.2 Å². The molecular formula is C21H16ClFN4O5. The van der Waals surface area contributed by atoms with Crippen LogP contribution in [0.2, 0.25) is 0 Å². The molecule has 3 aliphatic heterocycles. The van der Waals surface area contributed by atoms with Crippen molar-refractivity contribution in [3.8, 4) is 5.75 Å². The molecule has 2 N–H and O–H groups in total. The maximum Gasteiger partial charge on any atom is 0.322 e. The highest BCUT2D eigenvalue weighted by molar-refractivity contribution is 6.30. The number of carbonyl (C=O) groups excluding carboxylic acids is 3. The molecule has 2 aromatic rings. The summed E-state index contributed by atoms with van der Waals surface area (Å²) in [5.74, 6) is -1.49. The molecule has 4 amide bonds. The first-order valence-corrected chi connectivity index (χ1v) is 10.0. The van der Waals surface area contributed by atoms with E-state index >= 15 is 0 Å². The summed E-state index contributed by atoms with van der Waals surface area (Å²) in [4.78, 5) is 43.4. The van der Waals surface area contributed by atoms with E-state index in [4.69, 9.17) is 20.8 Å². The summed E-state index contributed by atoms with van der Waals surface area (Å²) in [5.41, 5.74) is -0.767. The standard InChI is InChI=1S/C21H16ClFN4O5/c1-31-13-3-2-10-8-27(18(28)16(10)17(13)23)9-21(19(29)25-20(30)26-21)14-6-11-7-24-15(22)5-4-12(11)32-14/h2-3,5-7H,4,8-9H2,1H3,(H2,25,26,29,30)/t21-/m0/s1. The lowest BCUT2D eigenvalue weighted by atomic mass is 9.95. The van der Waals surface area contributed by atoms with Crippen molar-refractivity contribution in [2.75, 3.05) is 13.7 Å². The summed E-state index contributed by atoms with van der Waals surface area (Å²) in [6.07, 6.45) is 3.47. The van der Waals surface area contributed by atoms with E-state index in [2.05, 4.69) is 15.6 Å². The van der Waals surface area contributed by atoms with Gasteiger partial charge < -0.3 is 19.4 Å². The number of fused-ring (bicyclic) bond motifs is 2. The topological polar surface area (TPSA) is 113 Å². The largest absolute Gasteiger partial charge is 0.494 e. The number of hydrogen-bond acceptors (Lipinski definition) is 6. The minimum atomic E-state index is -1.69. The third-order valence-electron chi connectivity index (χ3n) is 5.69. The molecule has 11 heteroatoms. The Morgan fingerprint density at radius 1 is 1.34 bits per heavy atom. The Labute approximate surface area is 185 Å². The van der Waals surface area contributed by atoms with Gasteiger partial charge in [-0.2, -0.15) is 0 Å². The number of aliphatic imine (C=N–C) groups is 1. The van der Waals surface area contributed by atoms with Gasteiger partial charge in [-0.05, 0) is 23.8 Å². The number of halogens is 2. The van der Waals surface area contributed by atoms with Gasteiger partial charge >= 0.3 is 6.03 Å². The van der Waals surface area contributed by atoms with Crippen molar-refractivity contribution in [2.24, 2.45) is 4.99 Å². The number of rotatable bonds is 4. The second-order valence-corrected chi connectivity index (χ2v) is 7.96. The van der Waals surface area contributed by atoms with Crippen molar-refractivity contribution in [3.63, 3.8) is 0 Å². The highest BCUT2D eigenvalue weighted by Crippen LogP contribution is 2.36. The molecule has 0 radical (unpaired) electrons. The highest BCUT2D eigenvalue weighted by Gasteiger charge is 2.53. The third kappa shape index (κ3) is 2.98. The molecule has 1 saturated heterocycles. The molecule has 3 aliphatic rings. The van der Waals surface area contributed by atoms with Gasteiger partial charge in [0.1, 0.15) is 16.7 Å². The second-order valence-electron chi connectivity index (χ2n) is 7.57. The molecular weight excluding hydrogens is 443 g/mol. The number of nitrogens with one attached hydrogen (secondary N) is 2. The van der Waals surface area contributed by atoms with Gasteiger partial charge in [-0.3, -0.25) is 14.9 Å². The molecule has 5 rings (SSSR count). The van der Waals surface area contributed by atoms with Gasteiger partial charge in [-0.15, -0.1) is 0 Å². The predicted molar refractivity (Wildman–Crippen MR) is 110 cm³/mol. The van der Waals surface area contributed by atoms with E-state index < -0.39 is 29.2 Å². The zero-order valence-electron chi connectivity index (χ0n) is 16.7. The number of methoxy groups -OCH3 is 1. The number of benzene rings is 1. The first-order chi connectivity index (χ1) is 15.3. The van der Waals surface area contributed by atoms with Crippen molar-refractivity contribution in [1.29, 1.82) is 0 Å². The smallest absolute Gasteiger partial charge is 0.322 e. The normalized spacial score (nSPS) is 21.7. The maximum atomic E-state index is 14.7. The summed E-state index contributed by atoms with van der Waals surface area (Å²) in [5, 5.41) is 5.09. The third-order valence-corrected chi connectivity index (χ3v) is 5.94. The average molecular weight is 459 g/mol. The van der Waals surface area contributed by atoms with Gasteiger partial charge in [-0.25, -0.2) is 14.2 Å². The van der Waals surface area contributed by atoms with Gasteiger partial charge in [0.25, 0.3) is 11.8 Å². The lowest BCUT2D eigenvalue weighted by Crippen LogP contribution is -2.52. The maximum absolute atomic E-state index is 14.7. The summed E-state index contributed by atoms with van der Waals surface area (Å²) in [7, 11) is 1.31. The molecule has 1 aromatic heterocycles. The van der Waals surface area contributed by atoms with Gasteiger partial charge in [0.2, 0.25) is 0 Å². The lowest BCUT2D eigenvalue weighted by molar-refractivity contribution is -0.125. The van der Waals surface area contributed by atoms with Gasteiger partial charge in [0.05, 0.1) is 19.2 Å². The molecule has 164 valence electrons. The van der Waals surface area contributed by atoms with Crippen LogP contribution >= 0.6 is 11.6 Å². The summed E-state index contributed by atoms with van der Waals surface area (Å²) < 4.78 is 25.6. The number of allylic oxidation sites excluding steroid dienone is 1. The number of furan rings is 1. The molecule has 1 aromatic carbocycles. The number of urea groups is 1. The van der Waals surface area contributed by atoms with Crippen LogP contribution in [0, 0.1) is 5.82 Å². The van der Waals surface area contributed by atoms with Crippen LogP contribution in [0.15, 0.2) is 38.8 Å². The monoisotopic (exact) mass is 458 g/mol. The minimum Gasteiger partial charge on any atom is -0.494 e. The van der Waals surface area contributed by atoms with Crippen LogP contribution in [0.25, 0.3) is 0 Å². The SMILES string of the molecule is COc1ccc2c(c1F)C(=O)N(C[C@@]1(c3cc4c(o3)CC=C(Cl)N=C4)NC(=O)NC1=O)C2. The predicted octanol–water partition coefficient (Wildman–Crippen LogP) is 2.17. The molecule has 0 saturated carbocycles. The molecule has 0 spiro atoms. The molecule has 0 bridgehead atoms. The van der Waals surface area contributed by atoms with Crippen LogP contribution in [-0.2, 0) is 23.3 Å². The van der Waals surface area contributed by atoms with Crippen LogP contribution in [0.4, 0.5) is 9.18 Å². The number of nitrogens with zero attached hydrogens (tertiary/aromatic N) is 2. The Hall–Kier alpha value is -3.66. The van der Waals surface area contributed by atoms with Crippen LogP contribution in [0.1, 0.15) is 33.0 Å². The Kier molecular flexibility index (Phi) is 4.55. The number of hydrogen-bond donors (Lipinski definition) is 2. The molecule has 1 fully saturated rings. The molecule has 9 nitrogen and oxygen atoms in total. The average Bonchev–Trinajstić information content (AvgIpc) is 3.36. The number of ether oxygens (including phenoxy) is 1. The molecule has 0 unspecified atom stereocenters. The molecule has 32 heavy (non-hydrogen) atoms. The number of imide groups is 1. The Morgan fingerprint density at radius 2 is 2.16 bits per heavy atom. The molecule has 0 aliphatic carbocycles. The summed E-state index contributed by atoms with van der Waals surface area (Å²) in [6.45, 7) is -0.208. The van der Waals surface area contributed by atoms with E-state index in [9.17, 15) is 18.8 Å². The Bertz CT molecular complexity index is 1250. The zero-order valence-corrected chi connectivity index (χ0v) is 17.5. The van der Waals surface area contributed by atoms with E-state index in [1.165, 1.54) is 24.3 Å². The minimum absolute atomic E-state index is 0.0543. The van der Waals surface area contributed by atoms with E-state index in [0.717, 1.165) is 0 Å². The quantitative estimate of drug-likeness (QED) is 0.538. The van der Waals surface area contributed by atoms with E-state index in [0.29, 0.717) is 28.5 Å². The van der Waals surface area contributed by atoms with Crippen molar-refractivity contribution in [2.45, 2.75) is 18.5 Å². The summed E-state index contributed by atoms with van der Waals surface area (Å²) in [6, 6.07) is 3.88. The van der Waals surface area contributed by atoms with Crippen LogP contribution in [0.3, 0.4) is 0 Å². The van der Waals surface area contributed by atoms with Crippen LogP contribution < -0.4 is 15.4 Å². The number of carbonyl (C=O) groups is 3. The van der Waals surface area contributed by atoms with Crippen molar-refractivity contribution in [3.05, 3.63) is 63.5 Å². The highest BCUT2D eigenvalue weighted by atomic mass is 35.5. The fraction of sp³-hybridized carbons (Fsp3) is 0.238. The zero-order chi connectivity index (χ0) is 22.6. The van der Waals surface area contributed by atoms with Crippen molar-refractivity contribution in [1.82, 2.24) is 15.5 Å². The van der Waals surface area contributed by atoms with E-state index in [1.807, 2.05) is 0 Å². The van der Waals surface area contributed by atoms with Gasteiger partial charge in [0, 0.05) is 24.7 Å². The number of amides is 4. The first kappa shape index (κ1) is 20.3. The molecule has 1 atom stereocenters. The fourth-order valence-corrected chi connectivity index (χ4v) is 4.23. The summed E-state index contributed by atoms with van der Waals surface area (Å²) >= 11 is 5.93. The second kappa shape index (κ2) is 7.20. The van der Waals surface area contributed by atoms with E-state index in [1.54, 1.807) is 18.2 Å². The van der Waals surface area contributed by atoms with Crippen LogP contribution in [0.5, 0.6) is 5.75 Å². The van der Waals surface area contributed by atoms with Crippen molar-refractivity contribution >= 4 is 35.7 Å². The lowest BCUT2D eigenvalue weighted by Gasteiger charge is -2.29. The Morgan fingerprint density at radius 3 is 2.88 bits per heavy atom. The molecule has 4 heterocycles. The Balaban J connectivity index is 1.53. The van der Waals surface area contributed by atoms with Gasteiger partial charge in [-0.1, -0.05) is 17.7 Å². The van der Waals surface area contributed by atoms with Crippen molar-refractivity contribution < 1.29 is 27.9 Å². The fourth-order valence-electron chi connectivity index (χ4n) is 4.10. The van der Waals surface area contributed by atoms with Gasteiger partial charge in [0.15, 0.2) is 17.1 Å². The van der Waals surface area contributed by atoms with Crippen LogP contribution in [-0.4, -0.2) is 42.6 Å². The first-order valence-electron chi connectivity index (χ1n) is 9.63.